The van der Waals surface area contributed by atoms with Crippen molar-refractivity contribution < 1.29 is 14.6 Å². The summed E-state index contributed by atoms with van der Waals surface area (Å²) in [6.07, 6.45) is 4.59. The summed E-state index contributed by atoms with van der Waals surface area (Å²) in [5.41, 5.74) is -0.865. The van der Waals surface area contributed by atoms with Crippen molar-refractivity contribution in [2.24, 2.45) is 0 Å². The normalized spacial score (nSPS) is 21.6. The van der Waals surface area contributed by atoms with Gasteiger partial charge in [0.05, 0.1) is 6.61 Å². The van der Waals surface area contributed by atoms with Gasteiger partial charge in [-0.1, -0.05) is 0 Å². The van der Waals surface area contributed by atoms with Crippen LogP contribution >= 0.6 is 0 Å². The summed E-state index contributed by atoms with van der Waals surface area (Å²) in [5, 5.41) is 10.00. The molecular formula is C10H18O3. The molecule has 0 aromatic rings. The molecule has 0 amide bonds. The maximum Gasteiger partial charge on any atom is 0.123 e. The van der Waals surface area contributed by atoms with Crippen molar-refractivity contribution in [2.45, 2.75) is 31.8 Å². The van der Waals surface area contributed by atoms with E-state index in [1.807, 2.05) is 6.08 Å². The largest absolute Gasteiger partial charge is 0.495 e. The summed E-state index contributed by atoms with van der Waals surface area (Å²) in [6.45, 7) is 3.03. The van der Waals surface area contributed by atoms with Crippen LogP contribution in [0.1, 0.15) is 26.2 Å². The van der Waals surface area contributed by atoms with Crippen LogP contribution in [-0.2, 0) is 9.47 Å². The van der Waals surface area contributed by atoms with Gasteiger partial charge in [-0.2, -0.15) is 0 Å². The molecule has 0 aromatic carbocycles. The Morgan fingerprint density at radius 2 is 2.46 bits per heavy atom. The Balaban J connectivity index is 2.51. The first-order chi connectivity index (χ1) is 6.17. The molecule has 0 bridgehead atoms. The van der Waals surface area contributed by atoms with Gasteiger partial charge >= 0.3 is 0 Å². The second-order valence-electron chi connectivity index (χ2n) is 3.58. The van der Waals surface area contributed by atoms with Crippen molar-refractivity contribution >= 4 is 0 Å². The highest BCUT2D eigenvalue weighted by molar-refractivity contribution is 5.09. The predicted octanol–water partition coefficient (Wildman–Crippen LogP) is 1.47. The molecule has 1 rings (SSSR count). The van der Waals surface area contributed by atoms with E-state index < -0.39 is 5.60 Å². The van der Waals surface area contributed by atoms with Gasteiger partial charge in [-0.15, -0.1) is 0 Å². The quantitative estimate of drug-likeness (QED) is 0.722. The van der Waals surface area contributed by atoms with Crippen molar-refractivity contribution in [3.63, 3.8) is 0 Å². The molecule has 0 aliphatic carbocycles. The highest BCUT2D eigenvalue weighted by Crippen LogP contribution is 2.25. The van der Waals surface area contributed by atoms with Crippen LogP contribution in [-0.4, -0.2) is 31.0 Å². The van der Waals surface area contributed by atoms with Crippen LogP contribution in [0.15, 0.2) is 11.8 Å². The first-order valence-corrected chi connectivity index (χ1v) is 4.71. The summed E-state index contributed by atoms with van der Waals surface area (Å²) in [7, 11) is 1.63. The maximum atomic E-state index is 10.00. The minimum absolute atomic E-state index is 0.549. The van der Waals surface area contributed by atoms with E-state index in [9.17, 15) is 5.11 Å². The van der Waals surface area contributed by atoms with Crippen molar-refractivity contribution in [1.82, 2.24) is 0 Å². The Bertz CT molecular complexity index is 185. The monoisotopic (exact) mass is 186 g/mol. The van der Waals surface area contributed by atoms with Crippen molar-refractivity contribution in [3.8, 4) is 0 Å². The number of aliphatic hydroxyl groups is 1. The van der Waals surface area contributed by atoms with Gasteiger partial charge in [0.15, 0.2) is 0 Å². The molecule has 0 spiro atoms. The molecule has 0 saturated carbocycles. The Hall–Kier alpha value is -0.540. The summed E-state index contributed by atoms with van der Waals surface area (Å²) in [4.78, 5) is 0. The summed E-state index contributed by atoms with van der Waals surface area (Å²) in [5.74, 6) is 0.704. The summed E-state index contributed by atoms with van der Waals surface area (Å²) >= 11 is 0. The zero-order chi connectivity index (χ0) is 9.73. The molecule has 0 aromatic heterocycles. The number of rotatable bonds is 4. The molecular weight excluding hydrogens is 168 g/mol. The topological polar surface area (TPSA) is 38.7 Å². The lowest BCUT2D eigenvalue weighted by atomic mass is 9.98. The Morgan fingerprint density at radius 3 is 3.00 bits per heavy atom. The maximum absolute atomic E-state index is 10.00. The molecule has 0 saturated heterocycles. The van der Waals surface area contributed by atoms with E-state index in [2.05, 4.69) is 0 Å². The van der Waals surface area contributed by atoms with Crippen molar-refractivity contribution in [2.75, 3.05) is 20.3 Å². The molecule has 3 nitrogen and oxygen atoms in total. The van der Waals surface area contributed by atoms with Crippen molar-refractivity contribution in [3.05, 3.63) is 11.8 Å². The fourth-order valence-corrected chi connectivity index (χ4v) is 1.36. The van der Waals surface area contributed by atoms with Gasteiger partial charge in [0.1, 0.15) is 11.4 Å². The molecule has 0 fully saturated rings. The minimum atomic E-state index is -0.865. The average Bonchev–Trinajstić information content (AvgIpc) is 2.16. The lowest BCUT2D eigenvalue weighted by molar-refractivity contribution is -0.00389. The van der Waals surface area contributed by atoms with Gasteiger partial charge in [0.25, 0.3) is 0 Å². The van der Waals surface area contributed by atoms with Crippen LogP contribution in [0.2, 0.25) is 0 Å². The Labute approximate surface area is 79.3 Å². The van der Waals surface area contributed by atoms with Gasteiger partial charge < -0.3 is 14.6 Å². The fraction of sp³-hybridized carbons (Fsp3) is 0.800. The van der Waals surface area contributed by atoms with Gasteiger partial charge in [-0.25, -0.2) is 0 Å². The number of methoxy groups -OCH3 is 1. The second kappa shape index (κ2) is 4.63. The molecule has 0 radical (unpaired) electrons. The first-order valence-electron chi connectivity index (χ1n) is 4.71. The molecule has 1 atom stereocenters. The van der Waals surface area contributed by atoms with E-state index >= 15 is 0 Å². The fourth-order valence-electron chi connectivity index (χ4n) is 1.36. The third-order valence-electron chi connectivity index (χ3n) is 2.26. The lowest BCUT2D eigenvalue weighted by Crippen LogP contribution is -2.31. The van der Waals surface area contributed by atoms with Crippen LogP contribution in [0.4, 0.5) is 0 Å². The van der Waals surface area contributed by atoms with Crippen LogP contribution in [0.5, 0.6) is 0 Å². The number of hydrogen-bond acceptors (Lipinski definition) is 3. The van der Waals surface area contributed by atoms with Gasteiger partial charge in [-0.05, 0) is 25.8 Å². The SMILES string of the molecule is COCCC(C)(O)C1=CCCCO1. The molecule has 13 heavy (non-hydrogen) atoms. The van der Waals surface area contributed by atoms with Gasteiger partial charge in [0, 0.05) is 20.1 Å². The van der Waals surface area contributed by atoms with Crippen LogP contribution in [0, 0.1) is 0 Å². The molecule has 1 heterocycles. The van der Waals surface area contributed by atoms with E-state index in [4.69, 9.17) is 9.47 Å². The molecule has 1 aliphatic heterocycles. The second-order valence-corrected chi connectivity index (χ2v) is 3.58. The third kappa shape index (κ3) is 3.01. The number of ether oxygens (including phenoxy) is 2. The van der Waals surface area contributed by atoms with Crippen LogP contribution < -0.4 is 0 Å². The van der Waals surface area contributed by atoms with Crippen LogP contribution in [0.25, 0.3) is 0 Å². The standard InChI is InChI=1S/C10H18O3/c1-10(11,6-8-12-2)9-5-3-4-7-13-9/h5,11H,3-4,6-8H2,1-2H3. The molecule has 1 aliphatic rings. The third-order valence-corrected chi connectivity index (χ3v) is 2.26. The van der Waals surface area contributed by atoms with Crippen molar-refractivity contribution in [1.29, 1.82) is 0 Å². The summed E-state index contributed by atoms with van der Waals surface area (Å²) in [6, 6.07) is 0. The smallest absolute Gasteiger partial charge is 0.123 e. The van der Waals surface area contributed by atoms with E-state index in [1.54, 1.807) is 14.0 Å². The predicted molar refractivity (Wildman–Crippen MR) is 50.4 cm³/mol. The highest BCUT2D eigenvalue weighted by atomic mass is 16.5. The molecule has 1 unspecified atom stereocenters. The Morgan fingerprint density at radius 1 is 1.69 bits per heavy atom. The number of hydrogen-bond donors (Lipinski definition) is 1. The van der Waals surface area contributed by atoms with E-state index in [0.717, 1.165) is 19.4 Å². The lowest BCUT2D eigenvalue weighted by Gasteiger charge is -2.28. The van der Waals surface area contributed by atoms with E-state index in [0.29, 0.717) is 18.8 Å². The van der Waals surface area contributed by atoms with Gasteiger partial charge in [0.2, 0.25) is 0 Å². The molecule has 3 heteroatoms. The molecule has 1 N–H and O–H groups in total. The van der Waals surface area contributed by atoms with Gasteiger partial charge in [-0.3, -0.25) is 0 Å². The molecule has 76 valence electrons. The zero-order valence-corrected chi connectivity index (χ0v) is 8.38. The van der Waals surface area contributed by atoms with Crippen LogP contribution in [0.3, 0.4) is 0 Å². The zero-order valence-electron chi connectivity index (χ0n) is 8.38. The highest BCUT2D eigenvalue weighted by Gasteiger charge is 2.28. The van der Waals surface area contributed by atoms with E-state index in [-0.39, 0.29) is 0 Å². The van der Waals surface area contributed by atoms with E-state index in [1.165, 1.54) is 0 Å². The minimum Gasteiger partial charge on any atom is -0.495 e. The average molecular weight is 186 g/mol. The number of allylic oxidation sites excluding steroid dienone is 1. The first kappa shape index (κ1) is 10.5. The summed E-state index contributed by atoms with van der Waals surface area (Å²) < 4.78 is 10.3. The Kier molecular flexibility index (Phi) is 3.75.